The summed E-state index contributed by atoms with van der Waals surface area (Å²) in [5.41, 5.74) is 1.96. The number of nitrogens with zero attached hydrogens (tertiary/aromatic N) is 4. The molecule has 4 heterocycles. The molecule has 0 bridgehead atoms. The van der Waals surface area contributed by atoms with Crippen LogP contribution in [0.2, 0.25) is 0 Å². The summed E-state index contributed by atoms with van der Waals surface area (Å²) in [6.07, 6.45) is -1.46. The first-order valence-electron chi connectivity index (χ1n) is 11.9. The Bertz CT molecular complexity index is 1400. The van der Waals surface area contributed by atoms with Gasteiger partial charge in [0.15, 0.2) is 0 Å². The van der Waals surface area contributed by atoms with Gasteiger partial charge in [-0.15, -0.1) is 24.5 Å². The predicted molar refractivity (Wildman–Crippen MR) is 134 cm³/mol. The number of rotatable bonds is 7. The van der Waals surface area contributed by atoms with Crippen LogP contribution < -0.4 is 10.1 Å². The molecule has 0 unspecified atom stereocenters. The van der Waals surface area contributed by atoms with Gasteiger partial charge < -0.3 is 19.9 Å². The number of hydrogen-bond donors (Lipinski definition) is 2. The number of ether oxygens (including phenoxy) is 2. The second kappa shape index (κ2) is 10.3. The Morgan fingerprint density at radius 3 is 2.70 bits per heavy atom. The van der Waals surface area contributed by atoms with Crippen molar-refractivity contribution in [3.8, 4) is 16.9 Å². The Kier molecular flexibility index (Phi) is 7.06. The lowest BCUT2D eigenvalue weighted by Crippen LogP contribution is -2.17. The lowest BCUT2D eigenvalue weighted by molar-refractivity contribution is -0.274. The molecule has 37 heavy (non-hydrogen) atoms. The molecule has 8 nitrogen and oxygen atoms in total. The van der Waals surface area contributed by atoms with Crippen LogP contribution in [0.3, 0.4) is 0 Å². The summed E-state index contributed by atoms with van der Waals surface area (Å²) in [6, 6.07) is 7.90. The Hall–Kier alpha value is -3.22. The van der Waals surface area contributed by atoms with Gasteiger partial charge in [0.2, 0.25) is 5.95 Å². The van der Waals surface area contributed by atoms with E-state index in [1.165, 1.54) is 29.5 Å². The Morgan fingerprint density at radius 1 is 1.24 bits per heavy atom. The van der Waals surface area contributed by atoms with Crippen molar-refractivity contribution in [1.29, 1.82) is 0 Å². The van der Waals surface area contributed by atoms with Gasteiger partial charge >= 0.3 is 6.36 Å². The maximum Gasteiger partial charge on any atom is 0.573 e. The number of para-hydroxylation sites is 1. The topological polar surface area (TPSA) is 94.3 Å². The zero-order valence-electron chi connectivity index (χ0n) is 20.2. The van der Waals surface area contributed by atoms with E-state index in [0.717, 1.165) is 24.4 Å². The van der Waals surface area contributed by atoms with Crippen molar-refractivity contribution < 1.29 is 27.8 Å². The predicted octanol–water partition coefficient (Wildman–Crippen LogP) is 6.16. The van der Waals surface area contributed by atoms with E-state index >= 15 is 0 Å². The molecule has 5 rings (SSSR count). The Labute approximate surface area is 215 Å². The molecule has 3 aromatic heterocycles. The molecule has 1 fully saturated rings. The van der Waals surface area contributed by atoms with Crippen LogP contribution in [0, 0.1) is 0 Å². The maximum absolute atomic E-state index is 13.1. The third kappa shape index (κ3) is 5.41. The normalized spacial score (nSPS) is 15.0. The molecule has 4 aromatic rings. The van der Waals surface area contributed by atoms with Gasteiger partial charge in [0.05, 0.1) is 28.7 Å². The minimum absolute atomic E-state index is 0.0731. The minimum atomic E-state index is -4.86. The molecule has 1 aliphatic heterocycles. The van der Waals surface area contributed by atoms with E-state index in [9.17, 15) is 18.3 Å². The summed E-state index contributed by atoms with van der Waals surface area (Å²) >= 11 is 1.22. The van der Waals surface area contributed by atoms with Gasteiger partial charge in [-0.05, 0) is 32.8 Å². The van der Waals surface area contributed by atoms with Gasteiger partial charge in [-0.1, -0.05) is 18.2 Å². The number of hydrogen-bond acceptors (Lipinski definition) is 8. The second-order valence-electron chi connectivity index (χ2n) is 9.01. The van der Waals surface area contributed by atoms with E-state index in [1.807, 2.05) is 24.6 Å². The minimum Gasteiger partial charge on any atom is -0.405 e. The van der Waals surface area contributed by atoms with Crippen molar-refractivity contribution in [3.63, 3.8) is 0 Å². The third-order valence-corrected chi connectivity index (χ3v) is 7.25. The highest BCUT2D eigenvalue weighted by Gasteiger charge is 2.33. The largest absolute Gasteiger partial charge is 0.573 e. The molecule has 1 aromatic carbocycles. The fourth-order valence-electron chi connectivity index (χ4n) is 4.48. The number of benzene rings is 1. The number of nitrogens with one attached hydrogen (secondary N) is 1. The van der Waals surface area contributed by atoms with E-state index in [1.54, 1.807) is 12.3 Å². The van der Waals surface area contributed by atoms with Crippen molar-refractivity contribution >= 4 is 33.3 Å². The first-order valence-corrected chi connectivity index (χ1v) is 12.7. The van der Waals surface area contributed by atoms with Crippen LogP contribution in [-0.4, -0.2) is 44.4 Å². The van der Waals surface area contributed by atoms with Crippen molar-refractivity contribution in [2.24, 2.45) is 0 Å². The van der Waals surface area contributed by atoms with Crippen LogP contribution >= 0.6 is 11.3 Å². The van der Waals surface area contributed by atoms with Crippen LogP contribution in [0.1, 0.15) is 49.2 Å². The molecule has 2 N–H and O–H groups in total. The summed E-state index contributed by atoms with van der Waals surface area (Å²) in [5, 5.41) is 18.0. The number of fused-ring (bicyclic) bond motifs is 1. The average molecular weight is 534 g/mol. The van der Waals surface area contributed by atoms with E-state index in [4.69, 9.17) is 9.84 Å². The van der Waals surface area contributed by atoms with Gasteiger partial charge in [-0.3, -0.25) is 0 Å². The molecule has 0 aliphatic carbocycles. The third-order valence-electron chi connectivity index (χ3n) is 6.15. The quantitative estimate of drug-likeness (QED) is 0.294. The summed E-state index contributed by atoms with van der Waals surface area (Å²) in [6.45, 7) is 5.09. The van der Waals surface area contributed by atoms with Crippen molar-refractivity contribution in [3.05, 3.63) is 47.1 Å². The smallest absolute Gasteiger partial charge is 0.405 e. The summed E-state index contributed by atoms with van der Waals surface area (Å²) in [5.74, 6) is 0.927. The number of aliphatic hydroxyl groups excluding tert-OH is 1. The van der Waals surface area contributed by atoms with Crippen LogP contribution in [0.4, 0.5) is 24.9 Å². The SMILES string of the molecule is CC(C)n1nc(C2CCOCC2)cc1Nc1ncc2sc(CO)c(-c3ccccc3OC(F)(F)F)c2n1. The van der Waals surface area contributed by atoms with Crippen molar-refractivity contribution in [2.75, 3.05) is 18.5 Å². The van der Waals surface area contributed by atoms with Crippen LogP contribution in [0.25, 0.3) is 21.3 Å². The zero-order chi connectivity index (χ0) is 26.2. The standard InChI is InChI=1S/C25H26F3N5O3S/c1-14(2)33-21(11-17(32-33)15-7-9-35-10-8-15)30-24-29-12-19-23(31-24)22(20(13-34)37-19)16-5-3-4-6-18(16)36-25(26,27)28/h3-6,11-12,14-15,34H,7-10,13H2,1-2H3,(H,29,30,31). The highest BCUT2D eigenvalue weighted by atomic mass is 32.1. The fourth-order valence-corrected chi connectivity index (χ4v) is 5.47. The van der Waals surface area contributed by atoms with E-state index < -0.39 is 6.36 Å². The lowest BCUT2D eigenvalue weighted by atomic mass is 9.97. The van der Waals surface area contributed by atoms with Crippen molar-refractivity contribution in [2.45, 2.75) is 51.6 Å². The summed E-state index contributed by atoms with van der Waals surface area (Å²) in [7, 11) is 0. The van der Waals surface area contributed by atoms with Gasteiger partial charge in [0.1, 0.15) is 11.6 Å². The fraction of sp³-hybridized carbons (Fsp3) is 0.400. The van der Waals surface area contributed by atoms with E-state index in [0.29, 0.717) is 39.8 Å². The summed E-state index contributed by atoms with van der Waals surface area (Å²) < 4.78 is 51.5. The molecule has 12 heteroatoms. The van der Waals surface area contributed by atoms with Gasteiger partial charge in [0, 0.05) is 47.2 Å². The van der Waals surface area contributed by atoms with Gasteiger partial charge in [-0.25, -0.2) is 14.6 Å². The molecule has 0 atom stereocenters. The number of thiophene rings is 1. The highest BCUT2D eigenvalue weighted by molar-refractivity contribution is 7.19. The maximum atomic E-state index is 13.1. The van der Waals surface area contributed by atoms with Gasteiger partial charge in [0.25, 0.3) is 0 Å². The van der Waals surface area contributed by atoms with Gasteiger partial charge in [-0.2, -0.15) is 5.10 Å². The first-order chi connectivity index (χ1) is 17.7. The van der Waals surface area contributed by atoms with Crippen LogP contribution in [0.5, 0.6) is 5.75 Å². The Balaban J connectivity index is 1.55. The number of anilines is 2. The molecule has 196 valence electrons. The molecular formula is C25H26F3N5O3S. The monoisotopic (exact) mass is 533 g/mol. The number of halogens is 3. The molecule has 1 aliphatic rings. The van der Waals surface area contributed by atoms with E-state index in [-0.39, 0.29) is 29.9 Å². The average Bonchev–Trinajstić information content (AvgIpc) is 3.45. The molecule has 0 saturated carbocycles. The number of alkyl halides is 3. The molecule has 1 saturated heterocycles. The second-order valence-corrected chi connectivity index (χ2v) is 10.1. The van der Waals surface area contributed by atoms with Crippen LogP contribution in [-0.2, 0) is 11.3 Å². The van der Waals surface area contributed by atoms with Crippen molar-refractivity contribution in [1.82, 2.24) is 19.7 Å². The lowest BCUT2D eigenvalue weighted by Gasteiger charge is -2.20. The Morgan fingerprint density at radius 2 is 2.00 bits per heavy atom. The summed E-state index contributed by atoms with van der Waals surface area (Å²) in [4.78, 5) is 9.54. The molecule has 0 radical (unpaired) electrons. The van der Waals surface area contributed by atoms with Crippen LogP contribution in [0.15, 0.2) is 36.5 Å². The molecule has 0 spiro atoms. The first kappa shape index (κ1) is 25.4. The molecule has 0 amide bonds. The zero-order valence-corrected chi connectivity index (χ0v) is 21.1. The van der Waals surface area contributed by atoms with E-state index in [2.05, 4.69) is 20.0 Å². The highest BCUT2D eigenvalue weighted by Crippen LogP contribution is 2.43. The number of aliphatic hydroxyl groups is 1. The number of aromatic nitrogens is 4. The molecular weight excluding hydrogens is 507 g/mol.